The molecule has 0 spiro atoms. The van der Waals surface area contributed by atoms with E-state index in [1.165, 1.54) is 5.56 Å². The van der Waals surface area contributed by atoms with Crippen LogP contribution in [0, 0.1) is 5.92 Å². The van der Waals surface area contributed by atoms with Crippen LogP contribution >= 0.6 is 0 Å². The van der Waals surface area contributed by atoms with Gasteiger partial charge in [-0.3, -0.25) is 9.59 Å². The Morgan fingerprint density at radius 2 is 1.71 bits per heavy atom. The molecule has 1 aliphatic rings. The number of ketones is 1. The highest BCUT2D eigenvalue weighted by atomic mass is 16.5. The molecule has 0 aromatic heterocycles. The summed E-state index contributed by atoms with van der Waals surface area (Å²) in [4.78, 5) is 25.5. The summed E-state index contributed by atoms with van der Waals surface area (Å²) in [5.41, 5.74) is 4.11. The summed E-state index contributed by atoms with van der Waals surface area (Å²) in [5, 5.41) is 0. The van der Waals surface area contributed by atoms with Crippen molar-refractivity contribution in [2.24, 2.45) is 5.92 Å². The third-order valence-corrected chi connectivity index (χ3v) is 5.28. The molecule has 2 aromatic rings. The van der Waals surface area contributed by atoms with Gasteiger partial charge < -0.3 is 9.47 Å². The first-order chi connectivity index (χ1) is 13.6. The van der Waals surface area contributed by atoms with Gasteiger partial charge in [0.05, 0.1) is 13.7 Å². The molecule has 0 radical (unpaired) electrons. The zero-order valence-corrected chi connectivity index (χ0v) is 16.6. The van der Waals surface area contributed by atoms with Crippen LogP contribution in [0.25, 0.3) is 5.57 Å². The Hall–Kier alpha value is -2.88. The molecule has 2 atom stereocenters. The molecular formula is C24H26O4. The molecule has 4 heteroatoms. The maximum Gasteiger partial charge on any atom is 0.317 e. The van der Waals surface area contributed by atoms with E-state index in [0.717, 1.165) is 28.9 Å². The average molecular weight is 378 g/mol. The average Bonchev–Trinajstić information content (AvgIpc) is 2.73. The number of carbonyl (C=O) groups excluding carboxylic acids is 2. The number of rotatable bonds is 6. The monoisotopic (exact) mass is 378 g/mol. The van der Waals surface area contributed by atoms with E-state index in [1.54, 1.807) is 20.1 Å². The van der Waals surface area contributed by atoms with Crippen LogP contribution in [0.3, 0.4) is 0 Å². The summed E-state index contributed by atoms with van der Waals surface area (Å²) in [6, 6.07) is 15.8. The summed E-state index contributed by atoms with van der Waals surface area (Å²) < 4.78 is 10.4. The lowest BCUT2D eigenvalue weighted by Gasteiger charge is -2.29. The van der Waals surface area contributed by atoms with Gasteiger partial charge in [0.15, 0.2) is 5.78 Å². The zero-order chi connectivity index (χ0) is 20.1. The number of hydrogen-bond donors (Lipinski definition) is 0. The highest BCUT2D eigenvalue weighted by Crippen LogP contribution is 2.40. The molecule has 0 saturated carbocycles. The van der Waals surface area contributed by atoms with E-state index >= 15 is 0 Å². The summed E-state index contributed by atoms with van der Waals surface area (Å²) in [6.45, 7) is 4.12. The molecule has 1 aliphatic carbocycles. The molecule has 4 nitrogen and oxygen atoms in total. The molecule has 0 unspecified atom stereocenters. The quantitative estimate of drug-likeness (QED) is 0.545. The fraction of sp³-hybridized carbons (Fsp3) is 0.333. The van der Waals surface area contributed by atoms with Gasteiger partial charge in [-0.25, -0.2) is 0 Å². The molecule has 0 fully saturated rings. The third kappa shape index (κ3) is 4.16. The number of esters is 1. The number of allylic oxidation sites excluding steroid dienone is 2. The maximum absolute atomic E-state index is 12.9. The minimum atomic E-state index is -0.797. The fourth-order valence-corrected chi connectivity index (χ4v) is 3.70. The van der Waals surface area contributed by atoms with Crippen molar-refractivity contribution in [1.82, 2.24) is 0 Å². The number of benzene rings is 2. The van der Waals surface area contributed by atoms with Crippen LogP contribution in [0.5, 0.6) is 5.75 Å². The molecule has 0 N–H and O–H groups in total. The van der Waals surface area contributed by atoms with Crippen LogP contribution in [0.4, 0.5) is 0 Å². The predicted octanol–water partition coefficient (Wildman–Crippen LogP) is 4.58. The van der Waals surface area contributed by atoms with E-state index in [1.807, 2.05) is 36.4 Å². The first-order valence-electron chi connectivity index (χ1n) is 9.71. The van der Waals surface area contributed by atoms with Crippen LogP contribution in [-0.4, -0.2) is 25.5 Å². The van der Waals surface area contributed by atoms with Crippen LogP contribution in [0.1, 0.15) is 42.9 Å². The lowest BCUT2D eigenvalue weighted by molar-refractivity contribution is -0.151. The summed E-state index contributed by atoms with van der Waals surface area (Å²) in [7, 11) is 1.62. The number of ether oxygens (including phenoxy) is 2. The van der Waals surface area contributed by atoms with E-state index < -0.39 is 11.9 Å². The molecule has 0 aliphatic heterocycles. The van der Waals surface area contributed by atoms with Crippen molar-refractivity contribution in [1.29, 1.82) is 0 Å². The Morgan fingerprint density at radius 3 is 2.29 bits per heavy atom. The second-order valence-corrected chi connectivity index (χ2v) is 6.94. The van der Waals surface area contributed by atoms with Crippen molar-refractivity contribution in [3.05, 3.63) is 71.3 Å². The number of aryl methyl sites for hydroxylation is 1. The second-order valence-electron chi connectivity index (χ2n) is 6.94. The van der Waals surface area contributed by atoms with Crippen molar-refractivity contribution >= 4 is 17.3 Å². The van der Waals surface area contributed by atoms with Crippen molar-refractivity contribution in [3.8, 4) is 5.75 Å². The standard InChI is InChI=1S/C24H26O4/c1-4-16-6-8-18(9-7-16)21-14-19(17-10-12-20(27-3)13-11-17)15-22(25)23(21)24(26)28-5-2/h6-13,15,21,23H,4-5,14H2,1-3H3/t21-,23-/m1/s1. The molecule has 0 bridgehead atoms. The zero-order valence-electron chi connectivity index (χ0n) is 16.6. The van der Waals surface area contributed by atoms with E-state index in [9.17, 15) is 9.59 Å². The molecule has 3 rings (SSSR count). The predicted molar refractivity (Wildman–Crippen MR) is 109 cm³/mol. The number of hydrogen-bond acceptors (Lipinski definition) is 4. The Kier molecular flexibility index (Phi) is 6.30. The van der Waals surface area contributed by atoms with Gasteiger partial charge in [0.1, 0.15) is 11.7 Å². The fourth-order valence-electron chi connectivity index (χ4n) is 3.70. The van der Waals surface area contributed by atoms with Gasteiger partial charge in [0.2, 0.25) is 0 Å². The molecule has 0 amide bonds. The Labute approximate surface area is 166 Å². The topological polar surface area (TPSA) is 52.6 Å². The minimum Gasteiger partial charge on any atom is -0.497 e. The van der Waals surface area contributed by atoms with Crippen LogP contribution < -0.4 is 4.74 Å². The largest absolute Gasteiger partial charge is 0.497 e. The molecule has 0 saturated heterocycles. The van der Waals surface area contributed by atoms with Gasteiger partial charge in [-0.15, -0.1) is 0 Å². The van der Waals surface area contributed by atoms with E-state index in [0.29, 0.717) is 6.42 Å². The van der Waals surface area contributed by atoms with Gasteiger partial charge >= 0.3 is 5.97 Å². The Balaban J connectivity index is 1.98. The first kappa shape index (κ1) is 19.9. The highest BCUT2D eigenvalue weighted by molar-refractivity contribution is 6.10. The normalized spacial score (nSPS) is 19.1. The summed E-state index contributed by atoms with van der Waals surface area (Å²) in [6.07, 6.45) is 3.15. The smallest absolute Gasteiger partial charge is 0.317 e. The van der Waals surface area contributed by atoms with E-state index in [-0.39, 0.29) is 18.3 Å². The van der Waals surface area contributed by atoms with Gasteiger partial charge in [0.25, 0.3) is 0 Å². The minimum absolute atomic E-state index is 0.194. The Morgan fingerprint density at radius 1 is 1.04 bits per heavy atom. The number of carbonyl (C=O) groups is 2. The SMILES string of the molecule is CCOC(=O)[C@H]1C(=O)C=C(c2ccc(OC)cc2)C[C@@H]1c1ccc(CC)cc1. The van der Waals surface area contributed by atoms with Crippen molar-refractivity contribution in [2.45, 2.75) is 32.6 Å². The molecular weight excluding hydrogens is 352 g/mol. The molecule has 0 heterocycles. The van der Waals surface area contributed by atoms with Crippen LogP contribution in [0.15, 0.2) is 54.6 Å². The van der Waals surface area contributed by atoms with Crippen LogP contribution in [0.2, 0.25) is 0 Å². The summed E-state index contributed by atoms with van der Waals surface area (Å²) in [5.74, 6) is -0.904. The maximum atomic E-state index is 12.9. The Bertz CT molecular complexity index is 862. The second kappa shape index (κ2) is 8.87. The number of methoxy groups -OCH3 is 1. The van der Waals surface area contributed by atoms with Crippen LogP contribution in [-0.2, 0) is 20.7 Å². The van der Waals surface area contributed by atoms with Gasteiger partial charge in [-0.05, 0) is 60.2 Å². The third-order valence-electron chi connectivity index (χ3n) is 5.28. The molecule has 146 valence electrons. The van der Waals surface area contributed by atoms with E-state index in [4.69, 9.17) is 9.47 Å². The van der Waals surface area contributed by atoms with Gasteiger partial charge in [0, 0.05) is 5.92 Å². The van der Waals surface area contributed by atoms with Crippen molar-refractivity contribution < 1.29 is 19.1 Å². The van der Waals surface area contributed by atoms with Crippen molar-refractivity contribution in [3.63, 3.8) is 0 Å². The summed E-state index contributed by atoms with van der Waals surface area (Å²) >= 11 is 0. The lowest BCUT2D eigenvalue weighted by atomic mass is 9.73. The van der Waals surface area contributed by atoms with E-state index in [2.05, 4.69) is 19.1 Å². The molecule has 2 aromatic carbocycles. The lowest BCUT2D eigenvalue weighted by Crippen LogP contribution is -2.34. The first-order valence-corrected chi connectivity index (χ1v) is 9.71. The van der Waals surface area contributed by atoms with Gasteiger partial charge in [-0.2, -0.15) is 0 Å². The highest BCUT2D eigenvalue weighted by Gasteiger charge is 2.39. The van der Waals surface area contributed by atoms with Gasteiger partial charge in [-0.1, -0.05) is 43.3 Å². The van der Waals surface area contributed by atoms with Crippen molar-refractivity contribution in [2.75, 3.05) is 13.7 Å². The molecule has 28 heavy (non-hydrogen) atoms.